The summed E-state index contributed by atoms with van der Waals surface area (Å²) >= 11 is 0. The molecule has 6 heteroatoms. The fraction of sp³-hybridized carbons (Fsp3) is 0.278. The molecule has 1 aromatic heterocycles. The van der Waals surface area contributed by atoms with Crippen LogP contribution in [0.4, 0.5) is 4.39 Å². The number of nitrogens with zero attached hydrogens (tertiary/aromatic N) is 1. The number of ether oxygens (including phenoxy) is 1. The van der Waals surface area contributed by atoms with Crippen molar-refractivity contribution in [1.82, 2.24) is 10.3 Å². The summed E-state index contributed by atoms with van der Waals surface area (Å²) in [6.45, 7) is 3.48. The molecule has 5 nitrogen and oxygen atoms in total. The number of hydrogen-bond donors (Lipinski definition) is 1. The summed E-state index contributed by atoms with van der Waals surface area (Å²) in [7, 11) is 0. The van der Waals surface area contributed by atoms with Crippen LogP contribution in [-0.2, 0) is 11.2 Å². The van der Waals surface area contributed by atoms with Crippen molar-refractivity contribution in [2.45, 2.75) is 26.4 Å². The minimum absolute atomic E-state index is 0.0654. The zero-order valence-electron chi connectivity index (χ0n) is 13.6. The molecule has 1 amide bonds. The normalized spacial score (nSPS) is 11.6. The van der Waals surface area contributed by atoms with Gasteiger partial charge in [-0.05, 0) is 38.1 Å². The Morgan fingerprint density at radius 2 is 2.08 bits per heavy atom. The van der Waals surface area contributed by atoms with Crippen molar-refractivity contribution in [1.29, 1.82) is 0 Å². The van der Waals surface area contributed by atoms with Gasteiger partial charge in [-0.15, -0.1) is 0 Å². The van der Waals surface area contributed by atoms with E-state index >= 15 is 0 Å². The topological polar surface area (TPSA) is 68.3 Å². The molecule has 24 heavy (non-hydrogen) atoms. The van der Waals surface area contributed by atoms with E-state index in [-0.39, 0.29) is 11.7 Å². The minimum atomic E-state index is -0.701. The van der Waals surface area contributed by atoms with Crippen molar-refractivity contribution in [2.75, 3.05) is 6.54 Å². The molecule has 2 rings (SSSR count). The van der Waals surface area contributed by atoms with Crippen molar-refractivity contribution >= 4 is 11.7 Å². The average Bonchev–Trinajstić information content (AvgIpc) is 2.56. The third-order valence-electron chi connectivity index (χ3n) is 3.39. The zero-order valence-corrected chi connectivity index (χ0v) is 13.6. The summed E-state index contributed by atoms with van der Waals surface area (Å²) in [6.07, 6.45) is 0.942. The Bertz CT molecular complexity index is 716. The smallest absolute Gasteiger partial charge is 0.260 e. The first-order valence-electron chi connectivity index (χ1n) is 7.61. The predicted molar refractivity (Wildman–Crippen MR) is 87.4 cm³/mol. The molecular weight excluding hydrogens is 311 g/mol. The number of ketones is 1. The first-order chi connectivity index (χ1) is 11.5. The molecular formula is C18H19FN2O3. The maximum Gasteiger partial charge on any atom is 0.260 e. The van der Waals surface area contributed by atoms with E-state index in [0.29, 0.717) is 30.0 Å². The van der Waals surface area contributed by atoms with E-state index in [4.69, 9.17) is 4.74 Å². The van der Waals surface area contributed by atoms with E-state index < -0.39 is 11.9 Å². The van der Waals surface area contributed by atoms with E-state index in [1.54, 1.807) is 37.3 Å². The number of amides is 1. The monoisotopic (exact) mass is 330 g/mol. The molecule has 0 aliphatic heterocycles. The summed E-state index contributed by atoms with van der Waals surface area (Å²) in [6, 6.07) is 9.60. The molecule has 0 spiro atoms. The molecule has 0 aliphatic carbocycles. The van der Waals surface area contributed by atoms with Gasteiger partial charge >= 0.3 is 0 Å². The molecule has 0 saturated carbocycles. The molecule has 1 heterocycles. The largest absolute Gasteiger partial charge is 0.481 e. The molecule has 0 fully saturated rings. The fourth-order valence-corrected chi connectivity index (χ4v) is 2.06. The Morgan fingerprint density at radius 3 is 2.75 bits per heavy atom. The fourth-order valence-electron chi connectivity index (χ4n) is 2.06. The maximum atomic E-state index is 12.8. The van der Waals surface area contributed by atoms with Gasteiger partial charge in [-0.25, -0.2) is 4.39 Å². The molecule has 1 N–H and O–H groups in total. The van der Waals surface area contributed by atoms with E-state index in [2.05, 4.69) is 10.3 Å². The van der Waals surface area contributed by atoms with Crippen molar-refractivity contribution in [3.63, 3.8) is 0 Å². The number of hydrogen-bond acceptors (Lipinski definition) is 4. The highest BCUT2D eigenvalue weighted by atomic mass is 19.1. The van der Waals surface area contributed by atoms with Crippen LogP contribution in [0.15, 0.2) is 42.6 Å². The second kappa shape index (κ2) is 8.19. The number of benzene rings is 1. The summed E-state index contributed by atoms with van der Waals surface area (Å²) in [5.41, 5.74) is 1.22. The minimum Gasteiger partial charge on any atom is -0.481 e. The van der Waals surface area contributed by atoms with Crippen molar-refractivity contribution < 1.29 is 18.7 Å². The van der Waals surface area contributed by atoms with Gasteiger partial charge in [0.05, 0.1) is 6.20 Å². The Morgan fingerprint density at radius 1 is 1.29 bits per heavy atom. The molecule has 2 aromatic rings. The van der Waals surface area contributed by atoms with Gasteiger partial charge in [0.2, 0.25) is 0 Å². The van der Waals surface area contributed by atoms with Crippen LogP contribution in [0.25, 0.3) is 0 Å². The van der Waals surface area contributed by atoms with Gasteiger partial charge in [-0.1, -0.05) is 12.1 Å². The van der Waals surface area contributed by atoms with Crippen LogP contribution in [0.2, 0.25) is 0 Å². The standard InChI is InChI=1S/C18H19FN2O3/c1-12(22)14-4-3-5-17(10-14)24-13(2)18(23)20-9-8-16-7-6-15(19)11-21-16/h3-7,10-11,13H,8-9H2,1-2H3,(H,20,23)/t13-/m1/s1. The third kappa shape index (κ3) is 5.15. The number of aromatic nitrogens is 1. The van der Waals surface area contributed by atoms with Crippen LogP contribution in [0.1, 0.15) is 29.9 Å². The molecule has 126 valence electrons. The molecule has 0 radical (unpaired) electrons. The molecule has 0 unspecified atom stereocenters. The van der Waals surface area contributed by atoms with Crippen LogP contribution < -0.4 is 10.1 Å². The van der Waals surface area contributed by atoms with Crippen LogP contribution >= 0.6 is 0 Å². The van der Waals surface area contributed by atoms with Gasteiger partial charge in [0.25, 0.3) is 5.91 Å². The number of halogens is 1. The SMILES string of the molecule is CC(=O)c1cccc(O[C@H](C)C(=O)NCCc2ccc(F)cn2)c1. The number of pyridine rings is 1. The second-order valence-electron chi connectivity index (χ2n) is 5.35. The van der Waals surface area contributed by atoms with Gasteiger partial charge in [-0.2, -0.15) is 0 Å². The van der Waals surface area contributed by atoms with Crippen LogP contribution in [0, 0.1) is 5.82 Å². The van der Waals surface area contributed by atoms with Gasteiger partial charge in [0, 0.05) is 24.2 Å². The summed E-state index contributed by atoms with van der Waals surface area (Å²) < 4.78 is 18.3. The Kier molecular flexibility index (Phi) is 6.01. The Hall–Kier alpha value is -2.76. The van der Waals surface area contributed by atoms with Crippen molar-refractivity contribution in [3.8, 4) is 5.75 Å². The van der Waals surface area contributed by atoms with Crippen LogP contribution in [-0.4, -0.2) is 29.3 Å². The third-order valence-corrected chi connectivity index (χ3v) is 3.39. The highest BCUT2D eigenvalue weighted by Gasteiger charge is 2.14. The number of nitrogens with one attached hydrogen (secondary N) is 1. The first-order valence-corrected chi connectivity index (χ1v) is 7.61. The lowest BCUT2D eigenvalue weighted by atomic mass is 10.1. The van der Waals surface area contributed by atoms with Gasteiger partial charge in [0.15, 0.2) is 11.9 Å². The van der Waals surface area contributed by atoms with Gasteiger partial charge in [0.1, 0.15) is 11.6 Å². The first kappa shape index (κ1) is 17.6. The van der Waals surface area contributed by atoms with Crippen LogP contribution in [0.3, 0.4) is 0 Å². The molecule has 0 saturated heterocycles. The van der Waals surface area contributed by atoms with Crippen molar-refractivity contribution in [3.05, 3.63) is 59.7 Å². The molecule has 0 bridgehead atoms. The highest BCUT2D eigenvalue weighted by Crippen LogP contribution is 2.15. The Labute approximate surface area is 139 Å². The second-order valence-corrected chi connectivity index (χ2v) is 5.35. The summed E-state index contributed by atoms with van der Waals surface area (Å²) in [5.74, 6) is -0.266. The number of Topliss-reactive ketones (excluding diaryl/α,β-unsaturated/α-hetero) is 1. The highest BCUT2D eigenvalue weighted by molar-refractivity contribution is 5.94. The van der Waals surface area contributed by atoms with Gasteiger partial charge < -0.3 is 10.1 Å². The average molecular weight is 330 g/mol. The maximum absolute atomic E-state index is 12.8. The van der Waals surface area contributed by atoms with E-state index in [9.17, 15) is 14.0 Å². The zero-order chi connectivity index (χ0) is 17.5. The molecule has 1 aromatic carbocycles. The van der Waals surface area contributed by atoms with Gasteiger partial charge in [-0.3, -0.25) is 14.6 Å². The number of carbonyl (C=O) groups excluding carboxylic acids is 2. The van der Waals surface area contributed by atoms with E-state index in [1.807, 2.05) is 0 Å². The lowest BCUT2D eigenvalue weighted by molar-refractivity contribution is -0.127. The van der Waals surface area contributed by atoms with E-state index in [1.165, 1.54) is 13.0 Å². The lowest BCUT2D eigenvalue weighted by Crippen LogP contribution is -2.37. The van der Waals surface area contributed by atoms with Crippen molar-refractivity contribution in [2.24, 2.45) is 0 Å². The number of rotatable bonds is 7. The summed E-state index contributed by atoms with van der Waals surface area (Å²) in [4.78, 5) is 27.3. The molecule has 1 atom stereocenters. The van der Waals surface area contributed by atoms with Crippen LogP contribution in [0.5, 0.6) is 5.75 Å². The number of carbonyl (C=O) groups is 2. The Balaban J connectivity index is 1.82. The predicted octanol–water partition coefficient (Wildman–Crippen LogP) is 2.55. The summed E-state index contributed by atoms with van der Waals surface area (Å²) in [5, 5.41) is 2.74. The quantitative estimate of drug-likeness (QED) is 0.792. The lowest BCUT2D eigenvalue weighted by Gasteiger charge is -2.15. The van der Waals surface area contributed by atoms with E-state index in [0.717, 1.165) is 6.20 Å². The molecule has 0 aliphatic rings.